The molecule has 0 fully saturated rings. The number of hydrogen-bond acceptors (Lipinski definition) is 2. The minimum atomic E-state index is -8.65. The van der Waals surface area contributed by atoms with Crippen molar-refractivity contribution in [3.05, 3.63) is 35.9 Å². The molecule has 228 valence electrons. The molecule has 1 rings (SSSR count). The summed E-state index contributed by atoms with van der Waals surface area (Å²) < 4.78 is 239. The summed E-state index contributed by atoms with van der Waals surface area (Å²) in [7, 11) is 1.80. The molecular weight excluding hydrogens is 595 g/mol. The van der Waals surface area contributed by atoms with Gasteiger partial charge in [-0.05, 0) is 11.5 Å². The molecule has 0 heterocycles. The third kappa shape index (κ3) is 5.61. The van der Waals surface area contributed by atoms with Gasteiger partial charge >= 0.3 is 47.6 Å². The van der Waals surface area contributed by atoms with E-state index < -0.39 is 72.7 Å². The van der Waals surface area contributed by atoms with Crippen LogP contribution in [-0.2, 0) is 9.47 Å². The minimum absolute atomic E-state index is 0.371. The normalized spacial score (nSPS) is 16.1. The molecule has 0 amide bonds. The van der Waals surface area contributed by atoms with E-state index in [1.807, 2.05) is 0 Å². The monoisotopic (exact) mass is 612 g/mol. The Morgan fingerprint density at radius 3 is 1.26 bits per heavy atom. The summed E-state index contributed by atoms with van der Waals surface area (Å²) >= 11 is 0. The first-order valence-corrected chi connectivity index (χ1v) is 10.0. The second kappa shape index (κ2) is 10.7. The first-order valence-electron chi connectivity index (χ1n) is 10.0. The van der Waals surface area contributed by atoms with E-state index in [9.17, 15) is 74.6 Å². The Bertz CT molecular complexity index is 939. The second-order valence-corrected chi connectivity index (χ2v) is 8.10. The molecule has 1 unspecified atom stereocenters. The number of alkyl halides is 17. The van der Waals surface area contributed by atoms with Crippen molar-refractivity contribution in [2.45, 2.75) is 72.7 Å². The number of ether oxygens (including phenoxy) is 2. The van der Waals surface area contributed by atoms with E-state index in [4.69, 9.17) is 0 Å². The van der Waals surface area contributed by atoms with Crippen molar-refractivity contribution in [1.82, 2.24) is 0 Å². The molecule has 0 spiro atoms. The van der Waals surface area contributed by atoms with Crippen molar-refractivity contribution < 1.29 is 84.1 Å². The molecule has 1 aromatic rings. The fourth-order valence-corrected chi connectivity index (χ4v) is 3.22. The maximum atomic E-state index is 14.5. The van der Waals surface area contributed by atoms with Gasteiger partial charge in [-0.3, -0.25) is 0 Å². The minimum Gasteiger partial charge on any atom is -0.356 e. The van der Waals surface area contributed by atoms with Gasteiger partial charge in [0.2, 0.25) is 0 Å². The molecule has 0 aliphatic rings. The highest BCUT2D eigenvalue weighted by Gasteiger charge is 2.95. The van der Waals surface area contributed by atoms with Crippen molar-refractivity contribution in [3.8, 4) is 0 Å². The second-order valence-electron chi connectivity index (χ2n) is 8.10. The van der Waals surface area contributed by atoms with Crippen LogP contribution in [-0.4, -0.2) is 68.1 Å². The smallest absolute Gasteiger partial charge is 0.356 e. The Balaban J connectivity index is 3.63. The van der Waals surface area contributed by atoms with Crippen molar-refractivity contribution in [2.24, 2.45) is 0 Å². The highest BCUT2D eigenvalue weighted by molar-refractivity contribution is 5.21. The molecule has 0 N–H and O–H groups in total. The van der Waals surface area contributed by atoms with Crippen LogP contribution in [0.2, 0.25) is 0 Å². The third-order valence-corrected chi connectivity index (χ3v) is 5.56. The highest BCUT2D eigenvalue weighted by atomic mass is 19.4. The summed E-state index contributed by atoms with van der Waals surface area (Å²) in [6.07, 6.45) is -12.8. The number of rotatable bonds is 13. The van der Waals surface area contributed by atoms with E-state index in [0.29, 0.717) is 0 Å². The van der Waals surface area contributed by atoms with Gasteiger partial charge in [-0.25, -0.2) is 0 Å². The average molecular weight is 612 g/mol. The first-order chi connectivity index (χ1) is 17.2. The largest absolute Gasteiger partial charge is 0.460 e. The van der Waals surface area contributed by atoms with Crippen molar-refractivity contribution in [3.63, 3.8) is 0 Å². The lowest BCUT2D eigenvalue weighted by molar-refractivity contribution is -0.462. The number of methoxy groups -OCH3 is 2. The van der Waals surface area contributed by atoms with Gasteiger partial charge in [0.1, 0.15) is 0 Å². The molecule has 0 aromatic heterocycles. The topological polar surface area (TPSA) is 18.5 Å². The third-order valence-electron chi connectivity index (χ3n) is 5.56. The molecule has 39 heavy (non-hydrogen) atoms. The van der Waals surface area contributed by atoms with E-state index in [0.717, 1.165) is 38.5 Å². The first kappa shape index (κ1) is 35.0. The average Bonchev–Trinajstić information content (AvgIpc) is 2.80. The molecule has 0 saturated carbocycles. The molecule has 19 heteroatoms. The lowest BCUT2D eigenvalue weighted by Gasteiger charge is -2.43. The Kier molecular flexibility index (Phi) is 9.63. The Hall–Kier alpha value is -2.05. The van der Waals surface area contributed by atoms with Crippen LogP contribution in [0.1, 0.15) is 24.3 Å². The summed E-state index contributed by atoms with van der Waals surface area (Å²) in [6.45, 7) is 0. The molecule has 0 bridgehead atoms. The number of hydrogen-bond donors (Lipinski definition) is 0. The van der Waals surface area contributed by atoms with Gasteiger partial charge in [0, 0.05) is 27.1 Å². The zero-order valence-corrected chi connectivity index (χ0v) is 19.2. The zero-order valence-electron chi connectivity index (χ0n) is 19.2. The Morgan fingerprint density at radius 2 is 0.897 bits per heavy atom. The maximum Gasteiger partial charge on any atom is 0.460 e. The van der Waals surface area contributed by atoms with E-state index in [1.165, 1.54) is 6.07 Å². The summed E-state index contributed by atoms with van der Waals surface area (Å²) in [5.41, 5.74) is -0.371. The summed E-state index contributed by atoms with van der Waals surface area (Å²) in [4.78, 5) is 0. The van der Waals surface area contributed by atoms with Crippen LogP contribution in [0.4, 0.5) is 74.6 Å². The molecule has 1 atom stereocenters. The Morgan fingerprint density at radius 1 is 0.538 bits per heavy atom. The number of benzene rings is 1. The zero-order chi connectivity index (χ0) is 31.1. The van der Waals surface area contributed by atoms with Crippen LogP contribution in [0.15, 0.2) is 30.3 Å². The van der Waals surface area contributed by atoms with Crippen LogP contribution in [0.25, 0.3) is 0 Å². The van der Waals surface area contributed by atoms with Crippen LogP contribution in [0.5, 0.6) is 0 Å². The molecule has 2 nitrogen and oxygen atoms in total. The van der Waals surface area contributed by atoms with Crippen LogP contribution < -0.4 is 0 Å². The van der Waals surface area contributed by atoms with E-state index in [1.54, 1.807) is 0 Å². The van der Waals surface area contributed by atoms with E-state index >= 15 is 0 Å². The van der Waals surface area contributed by atoms with Crippen LogP contribution in [0, 0.1) is 0 Å². The van der Waals surface area contributed by atoms with Gasteiger partial charge in [-0.15, -0.1) is 0 Å². The predicted octanol–water partition coefficient (Wildman–Crippen LogP) is 8.18. The fourth-order valence-electron chi connectivity index (χ4n) is 3.22. The van der Waals surface area contributed by atoms with Crippen molar-refractivity contribution >= 4 is 0 Å². The van der Waals surface area contributed by atoms with Crippen molar-refractivity contribution in [2.75, 3.05) is 14.2 Å². The molecule has 0 aliphatic heterocycles. The SMILES string of the molecule is COC(CC(CC(F)(F)C(F)(F)C(F)(F)C(F)(F)C(F)(F)C(F)(F)C(F)(F)C(F)(F)F)c1ccccc1)OC. The lowest BCUT2D eigenvalue weighted by Crippen LogP contribution is -2.74. The summed E-state index contributed by atoms with van der Waals surface area (Å²) in [5.74, 6) is -58.6. The van der Waals surface area contributed by atoms with Gasteiger partial charge in [0.25, 0.3) is 0 Å². The lowest BCUT2D eigenvalue weighted by atomic mass is 9.83. The van der Waals surface area contributed by atoms with Gasteiger partial charge in [-0.2, -0.15) is 74.6 Å². The van der Waals surface area contributed by atoms with Gasteiger partial charge in [-0.1, -0.05) is 30.3 Å². The van der Waals surface area contributed by atoms with Gasteiger partial charge in [0.05, 0.1) is 0 Å². The summed E-state index contributed by atoms with van der Waals surface area (Å²) in [6, 6.07) is 5.37. The quantitative estimate of drug-likeness (QED) is 0.165. The van der Waals surface area contributed by atoms with Gasteiger partial charge in [0.15, 0.2) is 6.29 Å². The van der Waals surface area contributed by atoms with Crippen LogP contribution >= 0.6 is 0 Å². The van der Waals surface area contributed by atoms with Crippen molar-refractivity contribution in [1.29, 1.82) is 0 Å². The molecule has 0 radical (unpaired) electrons. The van der Waals surface area contributed by atoms with E-state index in [2.05, 4.69) is 9.47 Å². The molecule has 1 aromatic carbocycles. The standard InChI is InChI=1S/C20H17F17O2/c1-38-12(39-2)8-11(10-6-4-3-5-7-10)9-13(21,22)14(23,24)15(25,26)16(27,28)17(29,30)18(31,32)19(33,34)20(35,36)37/h3-7,11-12H,8-9H2,1-2H3. The number of halogens is 17. The molecule has 0 aliphatic carbocycles. The highest BCUT2D eigenvalue weighted by Crippen LogP contribution is 2.64. The van der Waals surface area contributed by atoms with Gasteiger partial charge < -0.3 is 9.47 Å². The van der Waals surface area contributed by atoms with Crippen LogP contribution in [0.3, 0.4) is 0 Å². The van der Waals surface area contributed by atoms with E-state index in [-0.39, 0.29) is 5.56 Å². The Labute approximate surface area is 208 Å². The maximum absolute atomic E-state index is 14.5. The molecule has 0 saturated heterocycles. The predicted molar refractivity (Wildman–Crippen MR) is 96.9 cm³/mol. The molecular formula is C20H17F17O2. The fraction of sp³-hybridized carbons (Fsp3) is 0.700. The summed E-state index contributed by atoms with van der Waals surface area (Å²) in [5, 5.41) is 0.